The summed E-state index contributed by atoms with van der Waals surface area (Å²) in [6, 6.07) is 13.1. The molecular weight excluding hydrogens is 319 g/mol. The molecule has 1 amide bonds. The summed E-state index contributed by atoms with van der Waals surface area (Å²) in [7, 11) is 0. The number of halogens is 4. The van der Waals surface area contributed by atoms with Gasteiger partial charge in [-0.05, 0) is 35.9 Å². The van der Waals surface area contributed by atoms with Crippen LogP contribution in [0.3, 0.4) is 0 Å². The number of nitrogens with two attached hydrogens (primary N) is 1. The first kappa shape index (κ1) is 17.7. The van der Waals surface area contributed by atoms with Gasteiger partial charge in [-0.1, -0.05) is 30.3 Å². The van der Waals surface area contributed by atoms with E-state index >= 15 is 0 Å². The fourth-order valence-corrected chi connectivity index (χ4v) is 1.67. The van der Waals surface area contributed by atoms with E-state index in [0.717, 1.165) is 12.1 Å². The molecule has 0 atom stereocenters. The molecule has 2 aromatic rings. The van der Waals surface area contributed by atoms with Gasteiger partial charge in [0, 0.05) is 11.1 Å². The monoisotopic (exact) mass is 329 g/mol. The Bertz CT molecular complexity index is 657. The fraction of sp³-hybridized carbons (Fsp3) is 0.0667. The van der Waals surface area contributed by atoms with Crippen molar-refractivity contribution in [3.05, 3.63) is 71.3 Å². The van der Waals surface area contributed by atoms with Crippen molar-refractivity contribution in [3.63, 3.8) is 0 Å². The summed E-state index contributed by atoms with van der Waals surface area (Å²) < 4.78 is 36.6. The highest BCUT2D eigenvalue weighted by Gasteiger charge is 2.34. The van der Waals surface area contributed by atoms with Crippen molar-refractivity contribution < 1.29 is 22.8 Å². The van der Waals surface area contributed by atoms with Gasteiger partial charge in [-0.2, -0.15) is 13.2 Å². The minimum atomic E-state index is -4.54. The van der Waals surface area contributed by atoms with Gasteiger partial charge in [0.25, 0.3) is 5.24 Å². The predicted molar refractivity (Wildman–Crippen MR) is 76.6 cm³/mol. The third kappa shape index (κ3) is 5.21. The average molecular weight is 330 g/mol. The quantitative estimate of drug-likeness (QED) is 0.850. The Morgan fingerprint density at radius 2 is 1.41 bits per heavy atom. The molecule has 0 aliphatic rings. The maximum atomic E-state index is 12.2. The van der Waals surface area contributed by atoms with E-state index in [1.54, 1.807) is 24.3 Å². The summed E-state index contributed by atoms with van der Waals surface area (Å²) in [5.74, 6) is -0.379. The Morgan fingerprint density at radius 1 is 0.909 bits per heavy atom. The van der Waals surface area contributed by atoms with Crippen molar-refractivity contribution in [3.8, 4) is 0 Å². The van der Waals surface area contributed by atoms with Gasteiger partial charge >= 0.3 is 6.18 Å². The second-order valence-electron chi connectivity index (χ2n) is 4.05. The van der Waals surface area contributed by atoms with Gasteiger partial charge in [0.2, 0.25) is 5.91 Å². The molecule has 0 spiro atoms. The number of carbonyl (C=O) groups excluding carboxylic acids is 2. The van der Waals surface area contributed by atoms with E-state index in [-0.39, 0.29) is 5.91 Å². The van der Waals surface area contributed by atoms with E-state index in [9.17, 15) is 22.8 Å². The molecule has 2 rings (SSSR count). The van der Waals surface area contributed by atoms with Crippen molar-refractivity contribution in [2.75, 3.05) is 0 Å². The molecule has 2 aromatic carbocycles. The maximum Gasteiger partial charge on any atom is 0.417 e. The van der Waals surface area contributed by atoms with Crippen LogP contribution in [0.5, 0.6) is 0 Å². The van der Waals surface area contributed by atoms with Gasteiger partial charge < -0.3 is 5.73 Å². The molecule has 0 aromatic heterocycles. The van der Waals surface area contributed by atoms with E-state index in [0.29, 0.717) is 5.56 Å². The third-order valence-corrected chi connectivity index (χ3v) is 2.71. The Kier molecular flexibility index (Phi) is 6.12. The molecule has 3 nitrogen and oxygen atoms in total. The third-order valence-electron chi connectivity index (χ3n) is 2.50. The largest absolute Gasteiger partial charge is 0.417 e. The summed E-state index contributed by atoms with van der Waals surface area (Å²) in [5, 5.41) is -1.10. The summed E-state index contributed by atoms with van der Waals surface area (Å²) in [6.07, 6.45) is -4.54. The lowest BCUT2D eigenvalue weighted by atomic mass is 10.1. The molecule has 0 saturated heterocycles. The predicted octanol–water partition coefficient (Wildman–Crippen LogP) is 3.87. The van der Waals surface area contributed by atoms with Crippen molar-refractivity contribution in [2.45, 2.75) is 6.18 Å². The summed E-state index contributed by atoms with van der Waals surface area (Å²) >= 11 is 4.98. The number of benzene rings is 2. The smallest absolute Gasteiger partial charge is 0.366 e. The van der Waals surface area contributed by atoms with Crippen molar-refractivity contribution >= 4 is 22.8 Å². The first-order valence-corrected chi connectivity index (χ1v) is 6.32. The van der Waals surface area contributed by atoms with Gasteiger partial charge in [-0.25, -0.2) is 0 Å². The lowest BCUT2D eigenvalue weighted by molar-refractivity contribution is -0.137. The van der Waals surface area contributed by atoms with Crippen LogP contribution in [0.2, 0.25) is 0 Å². The Labute approximate surface area is 129 Å². The lowest BCUT2D eigenvalue weighted by Crippen LogP contribution is -2.10. The van der Waals surface area contributed by atoms with E-state index in [1.807, 2.05) is 6.07 Å². The fourth-order valence-electron chi connectivity index (χ4n) is 1.50. The highest BCUT2D eigenvalue weighted by Crippen LogP contribution is 2.32. The average Bonchev–Trinajstić information content (AvgIpc) is 2.48. The van der Waals surface area contributed by atoms with E-state index in [4.69, 9.17) is 17.3 Å². The standard InChI is InChI=1S/C8H4ClF3O.C7H7NO/c9-7(13)5-3-1-2-4-6(5)8(10,11)12;8-7(9)6-4-2-1-3-5-6/h1-4H;1-5H,(H2,8,9). The SMILES string of the molecule is NC(=O)c1ccccc1.O=C(Cl)c1ccccc1C(F)(F)F. The Balaban J connectivity index is 0.000000235. The number of hydrogen-bond donors (Lipinski definition) is 1. The Hall–Kier alpha value is -2.34. The molecule has 0 radical (unpaired) electrons. The topological polar surface area (TPSA) is 60.2 Å². The van der Waals surface area contributed by atoms with E-state index < -0.39 is 22.5 Å². The van der Waals surface area contributed by atoms with Crippen LogP contribution in [0.15, 0.2) is 54.6 Å². The van der Waals surface area contributed by atoms with Gasteiger partial charge in [-0.15, -0.1) is 0 Å². The molecule has 0 bridgehead atoms. The van der Waals surface area contributed by atoms with Crippen molar-refractivity contribution in [1.29, 1.82) is 0 Å². The molecule has 0 aliphatic carbocycles. The molecule has 7 heteroatoms. The minimum absolute atomic E-state index is 0.379. The highest BCUT2D eigenvalue weighted by atomic mass is 35.5. The van der Waals surface area contributed by atoms with Crippen LogP contribution in [-0.2, 0) is 6.18 Å². The number of amides is 1. The number of hydrogen-bond acceptors (Lipinski definition) is 2. The van der Waals surface area contributed by atoms with Crippen LogP contribution in [0, 0.1) is 0 Å². The molecule has 2 N–H and O–H groups in total. The summed E-state index contributed by atoms with van der Waals surface area (Å²) in [4.78, 5) is 21.0. The second-order valence-corrected chi connectivity index (χ2v) is 4.39. The van der Waals surface area contributed by atoms with E-state index in [1.165, 1.54) is 12.1 Å². The van der Waals surface area contributed by atoms with Gasteiger partial charge in [0.15, 0.2) is 0 Å². The first-order chi connectivity index (χ1) is 10.2. The van der Waals surface area contributed by atoms with Crippen LogP contribution in [0.25, 0.3) is 0 Å². The van der Waals surface area contributed by atoms with Crippen LogP contribution in [0.4, 0.5) is 13.2 Å². The molecule has 116 valence electrons. The zero-order chi connectivity index (χ0) is 16.8. The second kappa shape index (κ2) is 7.61. The summed E-state index contributed by atoms with van der Waals surface area (Å²) in [6.45, 7) is 0. The zero-order valence-electron chi connectivity index (χ0n) is 11.1. The van der Waals surface area contributed by atoms with Crippen LogP contribution in [0.1, 0.15) is 26.3 Å². The normalized spacial score (nSPS) is 10.4. The number of alkyl halides is 3. The molecule has 22 heavy (non-hydrogen) atoms. The van der Waals surface area contributed by atoms with Crippen molar-refractivity contribution in [1.82, 2.24) is 0 Å². The number of carbonyl (C=O) groups is 2. The van der Waals surface area contributed by atoms with Gasteiger partial charge in [0.1, 0.15) is 0 Å². The maximum absolute atomic E-state index is 12.2. The summed E-state index contributed by atoms with van der Waals surface area (Å²) in [5.41, 5.74) is 4.01. The molecule has 0 fully saturated rings. The van der Waals surface area contributed by atoms with Crippen LogP contribution in [-0.4, -0.2) is 11.1 Å². The highest BCUT2D eigenvalue weighted by molar-refractivity contribution is 6.67. The lowest BCUT2D eigenvalue weighted by Gasteiger charge is -2.08. The van der Waals surface area contributed by atoms with Crippen molar-refractivity contribution in [2.24, 2.45) is 5.73 Å². The van der Waals surface area contributed by atoms with Gasteiger partial charge in [-0.3, -0.25) is 9.59 Å². The van der Waals surface area contributed by atoms with Gasteiger partial charge in [0.05, 0.1) is 5.56 Å². The molecular formula is C15H11ClF3NO2. The molecule has 0 saturated carbocycles. The van der Waals surface area contributed by atoms with Crippen LogP contribution < -0.4 is 5.73 Å². The zero-order valence-corrected chi connectivity index (χ0v) is 11.9. The minimum Gasteiger partial charge on any atom is -0.366 e. The first-order valence-electron chi connectivity index (χ1n) is 5.94. The number of rotatable bonds is 2. The Morgan fingerprint density at radius 3 is 1.77 bits per heavy atom. The molecule has 0 aliphatic heterocycles. The number of primary amides is 1. The molecule has 0 unspecified atom stereocenters. The molecule has 0 heterocycles. The van der Waals surface area contributed by atoms with Crippen LogP contribution >= 0.6 is 11.6 Å². The van der Waals surface area contributed by atoms with E-state index in [2.05, 4.69) is 0 Å².